The number of nitrogens with one attached hydrogen (secondary N) is 1. The zero-order valence-electron chi connectivity index (χ0n) is 14.5. The molecule has 7 nitrogen and oxygen atoms in total. The van der Waals surface area contributed by atoms with Gasteiger partial charge in [0.25, 0.3) is 5.91 Å². The third-order valence-electron chi connectivity index (χ3n) is 4.26. The average Bonchev–Trinajstić information content (AvgIpc) is 2.80. The summed E-state index contributed by atoms with van der Waals surface area (Å²) >= 11 is 0. The summed E-state index contributed by atoms with van der Waals surface area (Å²) in [6.07, 6.45) is 0.987. The molecule has 1 fully saturated rings. The van der Waals surface area contributed by atoms with E-state index in [9.17, 15) is 14.4 Å². The summed E-state index contributed by atoms with van der Waals surface area (Å²) in [5.74, 6) is -2.15. The minimum absolute atomic E-state index is 0.192. The lowest BCUT2D eigenvalue weighted by Crippen LogP contribution is -2.42. The summed E-state index contributed by atoms with van der Waals surface area (Å²) in [6.45, 7) is 7.66. The Morgan fingerprint density at radius 2 is 1.96 bits per heavy atom. The number of carboxylic acid groups (broad SMARTS) is 1. The van der Waals surface area contributed by atoms with Gasteiger partial charge in [-0.1, -0.05) is 0 Å². The maximum absolute atomic E-state index is 12.7. The summed E-state index contributed by atoms with van der Waals surface area (Å²) in [7, 11) is 0. The van der Waals surface area contributed by atoms with E-state index in [1.54, 1.807) is 27.7 Å². The summed E-state index contributed by atoms with van der Waals surface area (Å²) in [6, 6.07) is 0. The Bertz CT molecular complexity index is 662. The third-order valence-corrected chi connectivity index (χ3v) is 4.26. The number of aryl methyl sites for hydroxylation is 1. The van der Waals surface area contributed by atoms with Crippen LogP contribution in [0.3, 0.4) is 0 Å². The third kappa shape index (κ3) is 3.60. The van der Waals surface area contributed by atoms with E-state index in [2.05, 4.69) is 4.98 Å². The highest BCUT2D eigenvalue weighted by Gasteiger charge is 2.31. The van der Waals surface area contributed by atoms with Crippen molar-refractivity contribution in [3.63, 3.8) is 0 Å². The van der Waals surface area contributed by atoms with Crippen LogP contribution in [-0.4, -0.2) is 52.0 Å². The minimum atomic E-state index is -0.881. The second-order valence-electron chi connectivity index (χ2n) is 6.51. The SMILES string of the molecule is Cc1[nH]c(C(=O)N2CCCC(C(=O)O)C2)c(C)c1C(=O)OC(C)C. The molecule has 0 radical (unpaired) electrons. The first-order valence-electron chi connectivity index (χ1n) is 8.14. The number of carbonyl (C=O) groups is 3. The molecule has 2 heterocycles. The van der Waals surface area contributed by atoms with E-state index >= 15 is 0 Å². The summed E-state index contributed by atoms with van der Waals surface area (Å²) in [5, 5.41) is 9.16. The number of rotatable bonds is 4. The molecule has 7 heteroatoms. The Balaban J connectivity index is 2.24. The molecule has 1 saturated heterocycles. The number of carbonyl (C=O) groups excluding carboxylic acids is 2. The number of H-pyrrole nitrogens is 1. The number of esters is 1. The van der Waals surface area contributed by atoms with Crippen LogP contribution in [0, 0.1) is 19.8 Å². The molecule has 0 bridgehead atoms. The summed E-state index contributed by atoms with van der Waals surface area (Å²) in [5.41, 5.74) is 1.82. The molecule has 1 aromatic heterocycles. The maximum Gasteiger partial charge on any atom is 0.340 e. The van der Waals surface area contributed by atoms with Gasteiger partial charge in [0.15, 0.2) is 0 Å². The van der Waals surface area contributed by atoms with Gasteiger partial charge in [-0.15, -0.1) is 0 Å². The number of hydrogen-bond donors (Lipinski definition) is 2. The smallest absolute Gasteiger partial charge is 0.340 e. The van der Waals surface area contributed by atoms with Gasteiger partial charge in [-0.3, -0.25) is 9.59 Å². The normalized spacial score (nSPS) is 17.9. The number of ether oxygens (including phenoxy) is 1. The molecule has 1 amide bonds. The number of nitrogens with zero attached hydrogens (tertiary/aromatic N) is 1. The van der Waals surface area contributed by atoms with Crippen molar-refractivity contribution in [2.45, 2.75) is 46.6 Å². The van der Waals surface area contributed by atoms with E-state index in [0.717, 1.165) is 0 Å². The average molecular weight is 336 g/mol. The van der Waals surface area contributed by atoms with E-state index in [1.165, 1.54) is 4.90 Å². The fourth-order valence-electron chi connectivity index (χ4n) is 3.06. The first-order valence-corrected chi connectivity index (χ1v) is 8.14. The largest absolute Gasteiger partial charge is 0.481 e. The van der Waals surface area contributed by atoms with Gasteiger partial charge >= 0.3 is 11.9 Å². The van der Waals surface area contributed by atoms with Gasteiger partial charge < -0.3 is 19.7 Å². The maximum atomic E-state index is 12.7. The Kier molecular flexibility index (Phi) is 5.31. The summed E-state index contributed by atoms with van der Waals surface area (Å²) in [4.78, 5) is 40.6. The molecule has 1 aliphatic rings. The van der Waals surface area contributed by atoms with E-state index in [-0.39, 0.29) is 18.6 Å². The Morgan fingerprint density at radius 1 is 1.29 bits per heavy atom. The number of aliphatic carboxylic acids is 1. The molecule has 0 aliphatic carbocycles. The van der Waals surface area contributed by atoms with Gasteiger partial charge in [0.05, 0.1) is 17.6 Å². The monoisotopic (exact) mass is 336 g/mol. The van der Waals surface area contributed by atoms with E-state index in [1.807, 2.05) is 0 Å². The van der Waals surface area contributed by atoms with Crippen LogP contribution >= 0.6 is 0 Å². The van der Waals surface area contributed by atoms with Gasteiger partial charge in [0, 0.05) is 18.8 Å². The molecule has 1 unspecified atom stereocenters. The van der Waals surface area contributed by atoms with Crippen LogP contribution in [0.4, 0.5) is 0 Å². The van der Waals surface area contributed by atoms with Crippen molar-refractivity contribution >= 4 is 17.8 Å². The van der Waals surface area contributed by atoms with Crippen molar-refractivity contribution in [2.75, 3.05) is 13.1 Å². The van der Waals surface area contributed by atoms with Crippen molar-refractivity contribution in [3.05, 3.63) is 22.5 Å². The molecular formula is C17H24N2O5. The Hall–Kier alpha value is -2.31. The number of carboxylic acids is 1. The topological polar surface area (TPSA) is 99.7 Å². The highest BCUT2D eigenvalue weighted by Crippen LogP contribution is 2.24. The fourth-order valence-corrected chi connectivity index (χ4v) is 3.06. The highest BCUT2D eigenvalue weighted by atomic mass is 16.5. The van der Waals surface area contributed by atoms with E-state index < -0.39 is 17.9 Å². The predicted octanol–water partition coefficient (Wildman–Crippen LogP) is 2.13. The van der Waals surface area contributed by atoms with Crippen LogP contribution in [0.5, 0.6) is 0 Å². The van der Waals surface area contributed by atoms with Gasteiger partial charge in [0.2, 0.25) is 0 Å². The van der Waals surface area contributed by atoms with Gasteiger partial charge in [-0.25, -0.2) is 4.79 Å². The van der Waals surface area contributed by atoms with Crippen molar-refractivity contribution in [3.8, 4) is 0 Å². The van der Waals surface area contributed by atoms with Gasteiger partial charge in [0.1, 0.15) is 5.69 Å². The lowest BCUT2D eigenvalue weighted by molar-refractivity contribution is -0.143. The van der Waals surface area contributed by atoms with Crippen LogP contribution in [-0.2, 0) is 9.53 Å². The van der Waals surface area contributed by atoms with Crippen molar-refractivity contribution < 1.29 is 24.2 Å². The number of amides is 1. The number of aromatic amines is 1. The molecule has 2 N–H and O–H groups in total. The molecule has 24 heavy (non-hydrogen) atoms. The fraction of sp³-hybridized carbons (Fsp3) is 0.588. The second kappa shape index (κ2) is 7.07. The van der Waals surface area contributed by atoms with E-state index in [0.29, 0.717) is 41.9 Å². The van der Waals surface area contributed by atoms with Crippen molar-refractivity contribution in [2.24, 2.45) is 5.92 Å². The summed E-state index contributed by atoms with van der Waals surface area (Å²) < 4.78 is 5.22. The molecule has 1 aliphatic heterocycles. The van der Waals surface area contributed by atoms with Crippen LogP contribution in [0.15, 0.2) is 0 Å². The first-order chi connectivity index (χ1) is 11.2. The minimum Gasteiger partial charge on any atom is -0.481 e. The lowest BCUT2D eigenvalue weighted by Gasteiger charge is -2.30. The quantitative estimate of drug-likeness (QED) is 0.821. The lowest BCUT2D eigenvalue weighted by atomic mass is 9.98. The van der Waals surface area contributed by atoms with Crippen molar-refractivity contribution in [1.82, 2.24) is 9.88 Å². The number of hydrogen-bond acceptors (Lipinski definition) is 4. The van der Waals surface area contributed by atoms with Crippen LogP contribution < -0.4 is 0 Å². The molecule has 0 spiro atoms. The standard InChI is InChI=1S/C17H24N2O5/c1-9(2)24-17(23)13-10(3)14(18-11(13)4)15(20)19-7-5-6-12(8-19)16(21)22/h9,12,18H,5-8H2,1-4H3,(H,21,22). The first kappa shape index (κ1) is 18.0. The molecule has 132 valence electrons. The van der Waals surface area contributed by atoms with Crippen LogP contribution in [0.2, 0.25) is 0 Å². The second-order valence-corrected chi connectivity index (χ2v) is 6.51. The van der Waals surface area contributed by atoms with Crippen LogP contribution in [0.25, 0.3) is 0 Å². The van der Waals surface area contributed by atoms with Crippen LogP contribution in [0.1, 0.15) is 58.8 Å². The molecule has 0 saturated carbocycles. The number of piperidine rings is 1. The molecule has 1 atom stereocenters. The Morgan fingerprint density at radius 3 is 2.54 bits per heavy atom. The predicted molar refractivity (Wildman–Crippen MR) is 87.1 cm³/mol. The molecule has 2 rings (SSSR count). The zero-order chi connectivity index (χ0) is 18.0. The van der Waals surface area contributed by atoms with Gasteiger partial charge in [-0.2, -0.15) is 0 Å². The Labute approximate surface area is 141 Å². The zero-order valence-corrected chi connectivity index (χ0v) is 14.5. The number of aromatic nitrogens is 1. The number of likely N-dealkylation sites (tertiary alicyclic amines) is 1. The highest BCUT2D eigenvalue weighted by molar-refractivity contribution is 6.00. The molecule has 1 aromatic rings. The van der Waals surface area contributed by atoms with E-state index in [4.69, 9.17) is 9.84 Å². The molecule has 0 aromatic carbocycles. The van der Waals surface area contributed by atoms with Gasteiger partial charge in [-0.05, 0) is 46.1 Å². The van der Waals surface area contributed by atoms with Crippen molar-refractivity contribution in [1.29, 1.82) is 0 Å². The molecular weight excluding hydrogens is 312 g/mol.